The molecule has 0 fully saturated rings. The number of carboxylic acid groups (broad SMARTS) is 1. The molecule has 2 N–H and O–H groups in total. The van der Waals surface area contributed by atoms with Crippen LogP contribution in [0.3, 0.4) is 0 Å². The zero-order valence-corrected chi connectivity index (χ0v) is 13.2. The Morgan fingerprint density at radius 2 is 2.00 bits per heavy atom. The van der Waals surface area contributed by atoms with Gasteiger partial charge in [0.2, 0.25) is 0 Å². The van der Waals surface area contributed by atoms with Gasteiger partial charge in [-0.25, -0.2) is 13.2 Å². The number of hydrogen-bond acceptors (Lipinski definition) is 4. The minimum absolute atomic E-state index is 0.0471. The van der Waals surface area contributed by atoms with Crippen molar-refractivity contribution in [2.24, 2.45) is 0 Å². The van der Waals surface area contributed by atoms with Gasteiger partial charge in [-0.05, 0) is 48.4 Å². The maximum Gasteiger partial charge on any atom is 0.335 e. The predicted molar refractivity (Wildman–Crippen MR) is 84.6 cm³/mol. The lowest BCUT2D eigenvalue weighted by Crippen LogP contribution is -2.15. The number of nitrogens with one attached hydrogen (secondary N) is 1. The highest BCUT2D eigenvalue weighted by atomic mass is 32.2. The van der Waals surface area contributed by atoms with Crippen LogP contribution in [-0.4, -0.2) is 26.1 Å². The lowest BCUT2D eigenvalue weighted by Gasteiger charge is -2.12. The summed E-state index contributed by atoms with van der Waals surface area (Å²) in [6.07, 6.45) is 0.735. The standard InChI is InChI=1S/C16H15NO5S/c1-10-2-3-12(16(18)19)9-15(10)23(20,21)17-13-4-5-14-11(8-13)6-7-22-14/h2-5,8-9,17H,6-7H2,1H3,(H,18,19). The molecule has 0 saturated carbocycles. The summed E-state index contributed by atoms with van der Waals surface area (Å²) in [7, 11) is -3.87. The van der Waals surface area contributed by atoms with E-state index in [4.69, 9.17) is 9.84 Å². The van der Waals surface area contributed by atoms with Crippen LogP contribution in [0.15, 0.2) is 41.3 Å². The van der Waals surface area contributed by atoms with Gasteiger partial charge in [0, 0.05) is 12.1 Å². The second kappa shape index (κ2) is 5.58. The van der Waals surface area contributed by atoms with Crippen LogP contribution in [0.1, 0.15) is 21.5 Å². The van der Waals surface area contributed by atoms with Gasteiger partial charge < -0.3 is 9.84 Å². The van der Waals surface area contributed by atoms with Crippen molar-refractivity contribution in [2.75, 3.05) is 11.3 Å². The number of hydrogen-bond donors (Lipinski definition) is 2. The number of anilines is 1. The molecule has 0 unspecified atom stereocenters. The van der Waals surface area contributed by atoms with E-state index in [9.17, 15) is 13.2 Å². The summed E-state index contributed by atoms with van der Waals surface area (Å²) >= 11 is 0. The fourth-order valence-corrected chi connectivity index (χ4v) is 3.80. The summed E-state index contributed by atoms with van der Waals surface area (Å²) in [5.74, 6) is -0.409. The third-order valence-corrected chi connectivity index (χ3v) is 5.19. The maximum absolute atomic E-state index is 12.6. The van der Waals surface area contributed by atoms with Crippen LogP contribution in [0.2, 0.25) is 0 Å². The molecule has 120 valence electrons. The largest absolute Gasteiger partial charge is 0.493 e. The maximum atomic E-state index is 12.6. The van der Waals surface area contributed by atoms with E-state index in [2.05, 4.69) is 4.72 Å². The lowest BCUT2D eigenvalue weighted by molar-refractivity contribution is 0.0696. The number of aromatic carboxylic acids is 1. The van der Waals surface area contributed by atoms with E-state index in [1.165, 1.54) is 12.1 Å². The molecule has 0 bridgehead atoms. The first-order chi connectivity index (χ1) is 10.9. The van der Waals surface area contributed by atoms with Crippen molar-refractivity contribution in [1.29, 1.82) is 0 Å². The van der Waals surface area contributed by atoms with Crippen molar-refractivity contribution in [3.63, 3.8) is 0 Å². The van der Waals surface area contributed by atoms with Crippen molar-refractivity contribution >= 4 is 21.7 Å². The van der Waals surface area contributed by atoms with Gasteiger partial charge in [0.25, 0.3) is 10.0 Å². The first-order valence-electron chi connectivity index (χ1n) is 6.99. The Bertz CT molecular complexity index is 889. The van der Waals surface area contributed by atoms with E-state index in [0.717, 1.165) is 23.8 Å². The zero-order chi connectivity index (χ0) is 16.6. The number of fused-ring (bicyclic) bond motifs is 1. The highest BCUT2D eigenvalue weighted by molar-refractivity contribution is 7.92. The molecule has 1 aliphatic heterocycles. The van der Waals surface area contributed by atoms with E-state index in [-0.39, 0.29) is 10.5 Å². The second-order valence-corrected chi connectivity index (χ2v) is 6.96. The van der Waals surface area contributed by atoms with Gasteiger partial charge in [0.1, 0.15) is 5.75 Å². The summed E-state index contributed by atoms with van der Waals surface area (Å²) in [5, 5.41) is 9.03. The Hall–Kier alpha value is -2.54. The number of carboxylic acids is 1. The molecule has 7 heteroatoms. The minimum atomic E-state index is -3.87. The lowest BCUT2D eigenvalue weighted by atomic mass is 10.1. The van der Waals surface area contributed by atoms with Crippen LogP contribution in [-0.2, 0) is 16.4 Å². The molecule has 3 rings (SSSR count). The Morgan fingerprint density at radius 3 is 2.74 bits per heavy atom. The van der Waals surface area contributed by atoms with Gasteiger partial charge in [0.15, 0.2) is 0 Å². The van der Waals surface area contributed by atoms with Crippen LogP contribution in [0.25, 0.3) is 0 Å². The van der Waals surface area contributed by atoms with E-state index >= 15 is 0 Å². The summed E-state index contributed by atoms with van der Waals surface area (Å²) in [5.41, 5.74) is 1.78. The van der Waals surface area contributed by atoms with Gasteiger partial charge in [-0.3, -0.25) is 4.72 Å². The molecule has 0 aliphatic carbocycles. The average Bonchev–Trinajstić information content (AvgIpc) is 2.94. The van der Waals surface area contributed by atoms with Crippen LogP contribution in [0, 0.1) is 6.92 Å². The molecule has 23 heavy (non-hydrogen) atoms. The number of aryl methyl sites for hydroxylation is 1. The molecule has 2 aromatic rings. The fourth-order valence-electron chi connectivity index (χ4n) is 2.48. The number of sulfonamides is 1. The molecule has 1 aliphatic rings. The zero-order valence-electron chi connectivity index (χ0n) is 12.4. The fraction of sp³-hybridized carbons (Fsp3) is 0.188. The van der Waals surface area contributed by atoms with Crippen molar-refractivity contribution in [2.45, 2.75) is 18.2 Å². The Kier molecular flexibility index (Phi) is 3.73. The van der Waals surface area contributed by atoms with Crippen LogP contribution in [0.4, 0.5) is 5.69 Å². The summed E-state index contributed by atoms with van der Waals surface area (Å²) in [4.78, 5) is 11.0. The van der Waals surface area contributed by atoms with Gasteiger partial charge in [-0.2, -0.15) is 0 Å². The van der Waals surface area contributed by atoms with Crippen molar-refractivity contribution in [3.8, 4) is 5.75 Å². The molecule has 2 aromatic carbocycles. The molecular weight excluding hydrogens is 318 g/mol. The minimum Gasteiger partial charge on any atom is -0.493 e. The van der Waals surface area contributed by atoms with Gasteiger partial charge in [0.05, 0.1) is 17.1 Å². The summed E-state index contributed by atoms with van der Waals surface area (Å²) in [6.45, 7) is 2.21. The number of carbonyl (C=O) groups is 1. The smallest absolute Gasteiger partial charge is 0.335 e. The van der Waals surface area contributed by atoms with Crippen molar-refractivity contribution < 1.29 is 23.1 Å². The van der Waals surface area contributed by atoms with Crippen LogP contribution < -0.4 is 9.46 Å². The third kappa shape index (κ3) is 3.00. The Balaban J connectivity index is 1.96. The highest BCUT2D eigenvalue weighted by Crippen LogP contribution is 2.29. The molecule has 6 nitrogen and oxygen atoms in total. The molecular formula is C16H15NO5S. The number of benzene rings is 2. The quantitative estimate of drug-likeness (QED) is 0.896. The van der Waals surface area contributed by atoms with Crippen molar-refractivity contribution in [1.82, 2.24) is 0 Å². The predicted octanol–water partition coefficient (Wildman–Crippen LogP) is 2.43. The molecule has 0 atom stereocenters. The number of rotatable bonds is 4. The van der Waals surface area contributed by atoms with E-state index in [1.807, 2.05) is 0 Å². The highest BCUT2D eigenvalue weighted by Gasteiger charge is 2.20. The first-order valence-corrected chi connectivity index (χ1v) is 8.47. The topological polar surface area (TPSA) is 92.7 Å². The monoisotopic (exact) mass is 333 g/mol. The summed E-state index contributed by atoms with van der Waals surface area (Å²) in [6, 6.07) is 9.10. The average molecular weight is 333 g/mol. The van der Waals surface area contributed by atoms with Crippen LogP contribution in [0.5, 0.6) is 5.75 Å². The second-order valence-electron chi connectivity index (χ2n) is 5.31. The third-order valence-electron chi connectivity index (χ3n) is 3.67. The molecule has 0 saturated heterocycles. The van der Waals surface area contributed by atoms with E-state index in [0.29, 0.717) is 17.9 Å². The molecule has 0 amide bonds. The Labute approximate surface area is 133 Å². The molecule has 1 heterocycles. The first kappa shape index (κ1) is 15.4. The van der Waals surface area contributed by atoms with E-state index in [1.54, 1.807) is 25.1 Å². The number of ether oxygens (including phenoxy) is 1. The van der Waals surface area contributed by atoms with Gasteiger partial charge in [-0.15, -0.1) is 0 Å². The summed E-state index contributed by atoms with van der Waals surface area (Å²) < 4.78 is 33.0. The Morgan fingerprint density at radius 1 is 1.22 bits per heavy atom. The molecule has 0 radical (unpaired) electrons. The van der Waals surface area contributed by atoms with E-state index < -0.39 is 16.0 Å². The normalized spacial score (nSPS) is 13.3. The van der Waals surface area contributed by atoms with Crippen LogP contribution >= 0.6 is 0 Å². The SMILES string of the molecule is Cc1ccc(C(=O)O)cc1S(=O)(=O)Nc1ccc2c(c1)CCO2. The van der Waals surface area contributed by atoms with Crippen molar-refractivity contribution in [3.05, 3.63) is 53.1 Å². The van der Waals surface area contributed by atoms with Gasteiger partial charge >= 0.3 is 5.97 Å². The molecule has 0 aromatic heterocycles. The van der Waals surface area contributed by atoms with Gasteiger partial charge in [-0.1, -0.05) is 6.07 Å². The molecule has 0 spiro atoms.